The molecule has 0 radical (unpaired) electrons. The minimum atomic E-state index is -0.470. The summed E-state index contributed by atoms with van der Waals surface area (Å²) in [5, 5.41) is 24.5. The molecule has 1 N–H and O–H groups in total. The van der Waals surface area contributed by atoms with Crippen LogP contribution in [0.2, 0.25) is 0 Å². The second-order valence-corrected chi connectivity index (χ2v) is 12.8. The van der Waals surface area contributed by atoms with Crippen LogP contribution in [0.25, 0.3) is 0 Å². The molecule has 0 aromatic carbocycles. The fourth-order valence-corrected chi connectivity index (χ4v) is 9.82. The minimum Gasteiger partial charge on any atom is -0.390 e. The van der Waals surface area contributed by atoms with Gasteiger partial charge in [0.15, 0.2) is 5.78 Å². The largest absolute Gasteiger partial charge is 0.390 e. The van der Waals surface area contributed by atoms with Gasteiger partial charge in [0.25, 0.3) is 0 Å². The maximum absolute atomic E-state index is 13.5. The van der Waals surface area contributed by atoms with Crippen LogP contribution in [0.4, 0.5) is 0 Å². The van der Waals surface area contributed by atoms with Crippen molar-refractivity contribution >= 4 is 17.5 Å². The van der Waals surface area contributed by atoms with Crippen LogP contribution in [-0.4, -0.2) is 37.8 Å². The highest BCUT2D eigenvalue weighted by Crippen LogP contribution is 2.66. The number of Topliss-reactive ketones (excluding diaryl/α,β-unsaturated/α-hetero) is 1. The van der Waals surface area contributed by atoms with E-state index in [9.17, 15) is 9.90 Å². The van der Waals surface area contributed by atoms with Gasteiger partial charge in [-0.1, -0.05) is 6.92 Å². The fraction of sp³-hybridized carbons (Fsp3) is 0.808. The van der Waals surface area contributed by atoms with Crippen molar-refractivity contribution in [1.29, 1.82) is 5.26 Å². The van der Waals surface area contributed by atoms with Gasteiger partial charge >= 0.3 is 0 Å². The van der Waals surface area contributed by atoms with E-state index in [0.717, 1.165) is 43.4 Å². The van der Waals surface area contributed by atoms with Crippen LogP contribution in [0.5, 0.6) is 0 Å². The maximum Gasteiger partial charge on any atom is 0.157 e. The van der Waals surface area contributed by atoms with Gasteiger partial charge in [-0.15, -0.1) is 0 Å². The summed E-state index contributed by atoms with van der Waals surface area (Å²) in [5.74, 6) is 3.95. The second-order valence-electron chi connectivity index (χ2n) is 11.7. The van der Waals surface area contributed by atoms with E-state index in [1.807, 2.05) is 18.7 Å². The molecule has 6 heteroatoms. The van der Waals surface area contributed by atoms with E-state index in [1.165, 1.54) is 25.7 Å². The molecule has 2 unspecified atom stereocenters. The topological polar surface area (TPSA) is 78.9 Å². The molecular weight excluding hydrogens is 418 g/mol. The standard InChI is InChI=1S/C26H37N3O2S/c1-25(31)8-6-18-17(11-25)4-5-20-19(18)7-9-26(2)21(10-23(32-3)24(20)26)22(30)15-29-14-16(12-27)13-28-29/h13-14,17-21,23-24,31H,4-11,15H2,1-3H3/t17-,18+,19-,20-,21-,23?,24?,25-,26-/m1/s1. The Morgan fingerprint density at radius 3 is 2.75 bits per heavy atom. The van der Waals surface area contributed by atoms with Crippen molar-refractivity contribution in [2.45, 2.75) is 82.6 Å². The van der Waals surface area contributed by atoms with E-state index in [4.69, 9.17) is 5.26 Å². The smallest absolute Gasteiger partial charge is 0.157 e. The summed E-state index contributed by atoms with van der Waals surface area (Å²) >= 11 is 1.98. The van der Waals surface area contributed by atoms with Gasteiger partial charge in [0, 0.05) is 17.4 Å². The van der Waals surface area contributed by atoms with Crippen molar-refractivity contribution in [3.8, 4) is 6.07 Å². The highest BCUT2D eigenvalue weighted by molar-refractivity contribution is 7.99. The first kappa shape index (κ1) is 22.5. The number of hydrogen-bond acceptors (Lipinski definition) is 5. The maximum atomic E-state index is 13.5. The molecule has 32 heavy (non-hydrogen) atoms. The lowest BCUT2D eigenvalue weighted by Crippen LogP contribution is -2.52. The molecular formula is C26H37N3O2S. The number of hydrogen-bond donors (Lipinski definition) is 1. The van der Waals surface area contributed by atoms with E-state index in [2.05, 4.69) is 24.3 Å². The van der Waals surface area contributed by atoms with Crippen molar-refractivity contribution < 1.29 is 9.90 Å². The lowest BCUT2D eigenvalue weighted by molar-refractivity contribution is -0.133. The molecule has 0 aliphatic heterocycles. The van der Waals surface area contributed by atoms with Crippen LogP contribution >= 0.6 is 11.8 Å². The molecule has 9 atom stereocenters. The normalized spacial score (nSPS) is 45.4. The van der Waals surface area contributed by atoms with Crippen molar-refractivity contribution in [3.63, 3.8) is 0 Å². The van der Waals surface area contributed by atoms with Crippen LogP contribution < -0.4 is 0 Å². The monoisotopic (exact) mass is 455 g/mol. The van der Waals surface area contributed by atoms with Gasteiger partial charge in [-0.05, 0) is 99.6 Å². The number of nitriles is 1. The fourth-order valence-electron chi connectivity index (χ4n) is 8.63. The van der Waals surface area contributed by atoms with Crippen molar-refractivity contribution in [3.05, 3.63) is 18.0 Å². The molecule has 0 spiro atoms. The van der Waals surface area contributed by atoms with Gasteiger partial charge in [0.2, 0.25) is 0 Å². The molecule has 174 valence electrons. The van der Waals surface area contributed by atoms with Gasteiger partial charge in [0.1, 0.15) is 6.07 Å². The second kappa shape index (κ2) is 8.17. The number of aromatic nitrogens is 2. The molecule has 0 bridgehead atoms. The Balaban J connectivity index is 1.37. The van der Waals surface area contributed by atoms with Crippen LogP contribution in [0.1, 0.15) is 70.8 Å². The lowest BCUT2D eigenvalue weighted by Gasteiger charge is -2.57. The summed E-state index contributed by atoms with van der Waals surface area (Å²) in [7, 11) is 0. The third-order valence-corrected chi connectivity index (χ3v) is 11.1. The molecule has 0 saturated heterocycles. The summed E-state index contributed by atoms with van der Waals surface area (Å²) in [4.78, 5) is 13.5. The van der Waals surface area contributed by atoms with Gasteiger partial charge < -0.3 is 5.11 Å². The first-order valence-corrected chi connectivity index (χ1v) is 13.7. The molecule has 4 fully saturated rings. The number of thioether (sulfide) groups is 1. The predicted octanol–water partition coefficient (Wildman–Crippen LogP) is 4.69. The number of fused-ring (bicyclic) bond motifs is 5. The van der Waals surface area contributed by atoms with E-state index < -0.39 is 5.60 Å². The zero-order valence-electron chi connectivity index (χ0n) is 19.7. The lowest BCUT2D eigenvalue weighted by atomic mass is 9.49. The third kappa shape index (κ3) is 3.64. The van der Waals surface area contributed by atoms with Gasteiger partial charge in [-0.25, -0.2) is 0 Å². The molecule has 5 rings (SSSR count). The molecule has 4 saturated carbocycles. The average molecular weight is 456 g/mol. The van der Waals surface area contributed by atoms with Crippen molar-refractivity contribution in [2.24, 2.45) is 40.9 Å². The molecule has 0 amide bonds. The van der Waals surface area contributed by atoms with Gasteiger partial charge in [-0.2, -0.15) is 22.1 Å². The highest BCUT2D eigenvalue weighted by atomic mass is 32.2. The zero-order chi connectivity index (χ0) is 22.7. The predicted molar refractivity (Wildman–Crippen MR) is 126 cm³/mol. The SMILES string of the molecule is CSC1C[C@H](C(=O)Cn2cc(C#N)cn2)[C@@]2(C)CC[C@@H]3[C@H]4CC[C@@](C)(O)C[C@H]4CC[C@H]3C12. The Bertz CT molecular complexity index is 920. The van der Waals surface area contributed by atoms with Crippen molar-refractivity contribution in [2.75, 3.05) is 6.26 Å². The summed E-state index contributed by atoms with van der Waals surface area (Å²) in [6.45, 7) is 4.72. The van der Waals surface area contributed by atoms with Crippen LogP contribution in [0.15, 0.2) is 12.4 Å². The number of aliphatic hydroxyl groups is 1. The minimum absolute atomic E-state index is 0.0735. The van der Waals surface area contributed by atoms with E-state index in [1.54, 1.807) is 17.1 Å². The Kier molecular flexibility index (Phi) is 5.73. The average Bonchev–Trinajstić information content (AvgIpc) is 3.33. The highest BCUT2D eigenvalue weighted by Gasteiger charge is 2.61. The quantitative estimate of drug-likeness (QED) is 0.713. The number of carbonyl (C=O) groups excluding carboxylic acids is 1. The van der Waals surface area contributed by atoms with E-state index >= 15 is 0 Å². The molecule has 1 heterocycles. The molecule has 1 aromatic heterocycles. The molecule has 4 aliphatic carbocycles. The number of ketones is 1. The van der Waals surface area contributed by atoms with Crippen molar-refractivity contribution in [1.82, 2.24) is 9.78 Å². The Morgan fingerprint density at radius 1 is 1.25 bits per heavy atom. The van der Waals surface area contributed by atoms with Crippen LogP contribution in [0.3, 0.4) is 0 Å². The summed E-state index contributed by atoms with van der Waals surface area (Å²) < 4.78 is 1.65. The number of carbonyl (C=O) groups is 1. The molecule has 5 nitrogen and oxygen atoms in total. The first-order valence-electron chi connectivity index (χ1n) is 12.5. The van der Waals surface area contributed by atoms with E-state index in [0.29, 0.717) is 28.4 Å². The van der Waals surface area contributed by atoms with Gasteiger partial charge in [-0.3, -0.25) is 9.48 Å². The number of nitrogens with zero attached hydrogens (tertiary/aromatic N) is 3. The zero-order valence-corrected chi connectivity index (χ0v) is 20.5. The third-order valence-electron chi connectivity index (χ3n) is 9.97. The van der Waals surface area contributed by atoms with Crippen LogP contribution in [0, 0.1) is 52.3 Å². The Hall–Kier alpha value is -1.32. The first-order chi connectivity index (χ1) is 15.3. The molecule has 4 aliphatic rings. The Labute approximate surface area is 196 Å². The van der Waals surface area contributed by atoms with Crippen LogP contribution in [-0.2, 0) is 11.3 Å². The number of rotatable bonds is 4. The molecule has 1 aromatic rings. The summed E-state index contributed by atoms with van der Waals surface area (Å²) in [5.41, 5.74) is 0.116. The van der Waals surface area contributed by atoms with Gasteiger partial charge in [0.05, 0.1) is 23.9 Å². The summed E-state index contributed by atoms with van der Waals surface area (Å²) in [6.07, 6.45) is 14.5. The Morgan fingerprint density at radius 2 is 2.03 bits per heavy atom. The summed E-state index contributed by atoms with van der Waals surface area (Å²) in [6, 6.07) is 2.10. The van der Waals surface area contributed by atoms with E-state index in [-0.39, 0.29) is 17.9 Å².